The highest BCUT2D eigenvalue weighted by atomic mass is 16.6. The van der Waals surface area contributed by atoms with Gasteiger partial charge < -0.3 is 14.2 Å². The molecule has 0 aromatic heterocycles. The van der Waals surface area contributed by atoms with Crippen molar-refractivity contribution in [3.05, 3.63) is 63.7 Å². The maximum Gasteiger partial charge on any atom is 0.347 e. The molecule has 0 amide bonds. The van der Waals surface area contributed by atoms with Gasteiger partial charge in [-0.15, -0.1) is 0 Å². The van der Waals surface area contributed by atoms with E-state index in [0.29, 0.717) is 0 Å². The summed E-state index contributed by atoms with van der Waals surface area (Å²) < 4.78 is 16.7. The largest absolute Gasteiger partial charge is 0.486 e. The average Bonchev–Trinajstić information content (AvgIpc) is 2.98. The van der Waals surface area contributed by atoms with Crippen molar-refractivity contribution in [2.24, 2.45) is 5.92 Å². The van der Waals surface area contributed by atoms with Gasteiger partial charge in [0.05, 0.1) is 18.1 Å². The zero-order chi connectivity index (χ0) is 29.9. The third-order valence-electron chi connectivity index (χ3n) is 7.16. The standard InChI is InChI=1S/C33H47NO7/c1-4-6-7-8-9-10-11-12-13-14-15-18-24-39-31-28(21-19-22-29(31)34(37)38)33(36)41-30-23-17-16-20-27(30)32(35)40-25-26(3)5-2/h16-17,19-23,26H,4-15,18,24-25H2,1-3H3/t26-/m0/s1. The summed E-state index contributed by atoms with van der Waals surface area (Å²) in [7, 11) is 0. The van der Waals surface area contributed by atoms with E-state index in [-0.39, 0.29) is 47.4 Å². The molecule has 0 spiro atoms. The second kappa shape index (κ2) is 19.6. The summed E-state index contributed by atoms with van der Waals surface area (Å²) in [6.45, 7) is 6.71. The van der Waals surface area contributed by atoms with Gasteiger partial charge in [0, 0.05) is 6.07 Å². The Bertz CT molecular complexity index is 1090. The first-order valence-electron chi connectivity index (χ1n) is 15.3. The van der Waals surface area contributed by atoms with Crippen molar-refractivity contribution in [2.45, 2.75) is 104 Å². The van der Waals surface area contributed by atoms with Crippen LogP contribution in [0.15, 0.2) is 42.5 Å². The fourth-order valence-corrected chi connectivity index (χ4v) is 4.39. The van der Waals surface area contributed by atoms with Crippen LogP contribution in [-0.2, 0) is 4.74 Å². The fraction of sp³-hybridized carbons (Fsp3) is 0.576. The van der Waals surface area contributed by atoms with Crippen LogP contribution in [0, 0.1) is 16.0 Å². The topological polar surface area (TPSA) is 105 Å². The number of esters is 2. The summed E-state index contributed by atoms with van der Waals surface area (Å²) in [5.74, 6) is -1.35. The molecule has 0 unspecified atom stereocenters. The van der Waals surface area contributed by atoms with Crippen molar-refractivity contribution in [3.8, 4) is 11.5 Å². The SMILES string of the molecule is CCCCCCCCCCCCCCOc1c(C(=O)Oc2ccccc2C(=O)OC[C@@H](C)CC)cccc1[N+](=O)[O-]. The van der Waals surface area contributed by atoms with Crippen LogP contribution in [0.1, 0.15) is 125 Å². The molecule has 226 valence electrons. The van der Waals surface area contributed by atoms with Gasteiger partial charge in [-0.05, 0) is 30.5 Å². The minimum absolute atomic E-state index is 0.0186. The number of nitrogens with zero attached hydrogens (tertiary/aromatic N) is 1. The van der Waals surface area contributed by atoms with Gasteiger partial charge in [0.15, 0.2) is 0 Å². The van der Waals surface area contributed by atoms with E-state index in [1.165, 1.54) is 81.7 Å². The normalized spacial score (nSPS) is 11.6. The molecule has 0 aliphatic carbocycles. The first-order valence-corrected chi connectivity index (χ1v) is 15.3. The van der Waals surface area contributed by atoms with Crippen LogP contribution in [0.25, 0.3) is 0 Å². The predicted molar refractivity (Wildman–Crippen MR) is 161 cm³/mol. The van der Waals surface area contributed by atoms with Crippen molar-refractivity contribution in [2.75, 3.05) is 13.2 Å². The van der Waals surface area contributed by atoms with Crippen LogP contribution >= 0.6 is 0 Å². The number of benzene rings is 2. The molecule has 0 fully saturated rings. The number of carbonyl (C=O) groups is 2. The molecular formula is C33H47NO7. The number of carbonyl (C=O) groups excluding carboxylic acids is 2. The van der Waals surface area contributed by atoms with E-state index in [1.54, 1.807) is 12.1 Å². The van der Waals surface area contributed by atoms with Gasteiger partial charge in [0.1, 0.15) is 16.9 Å². The van der Waals surface area contributed by atoms with Gasteiger partial charge in [-0.3, -0.25) is 10.1 Å². The zero-order valence-corrected chi connectivity index (χ0v) is 25.0. The number of nitro benzene ring substituents is 1. The van der Waals surface area contributed by atoms with Gasteiger partial charge in [0.2, 0.25) is 5.75 Å². The first-order chi connectivity index (χ1) is 19.9. The maximum absolute atomic E-state index is 13.2. The molecule has 2 aromatic carbocycles. The van der Waals surface area contributed by atoms with E-state index in [9.17, 15) is 19.7 Å². The van der Waals surface area contributed by atoms with Crippen LogP contribution in [0.3, 0.4) is 0 Å². The number of para-hydroxylation sites is 2. The van der Waals surface area contributed by atoms with Crippen LogP contribution < -0.4 is 9.47 Å². The molecule has 0 aliphatic heterocycles. The maximum atomic E-state index is 13.2. The highest BCUT2D eigenvalue weighted by Crippen LogP contribution is 2.32. The number of hydrogen-bond acceptors (Lipinski definition) is 7. The van der Waals surface area contributed by atoms with E-state index in [0.717, 1.165) is 32.1 Å². The van der Waals surface area contributed by atoms with Crippen LogP contribution in [0.4, 0.5) is 5.69 Å². The lowest BCUT2D eigenvalue weighted by Gasteiger charge is -2.14. The Morgan fingerprint density at radius 3 is 1.98 bits per heavy atom. The highest BCUT2D eigenvalue weighted by Gasteiger charge is 2.26. The van der Waals surface area contributed by atoms with E-state index in [2.05, 4.69) is 6.92 Å². The summed E-state index contributed by atoms with van der Waals surface area (Å²) in [6.07, 6.45) is 15.2. The molecule has 8 heteroatoms. The molecule has 2 aromatic rings. The van der Waals surface area contributed by atoms with Crippen LogP contribution in [-0.4, -0.2) is 30.1 Å². The van der Waals surface area contributed by atoms with E-state index in [4.69, 9.17) is 14.2 Å². The van der Waals surface area contributed by atoms with Gasteiger partial charge in [-0.2, -0.15) is 0 Å². The second-order valence-corrected chi connectivity index (χ2v) is 10.6. The van der Waals surface area contributed by atoms with Crippen LogP contribution in [0.5, 0.6) is 11.5 Å². The van der Waals surface area contributed by atoms with Gasteiger partial charge in [-0.25, -0.2) is 9.59 Å². The van der Waals surface area contributed by atoms with Crippen molar-refractivity contribution < 1.29 is 28.7 Å². The zero-order valence-electron chi connectivity index (χ0n) is 25.0. The molecule has 0 heterocycles. The van der Waals surface area contributed by atoms with Gasteiger partial charge in [-0.1, -0.05) is 116 Å². The predicted octanol–water partition coefficient (Wildman–Crippen LogP) is 9.10. The summed E-state index contributed by atoms with van der Waals surface area (Å²) in [5.41, 5.74) is -0.269. The van der Waals surface area contributed by atoms with E-state index < -0.39 is 16.9 Å². The fourth-order valence-electron chi connectivity index (χ4n) is 4.39. The molecular weight excluding hydrogens is 522 g/mol. The molecule has 0 bridgehead atoms. The number of unbranched alkanes of at least 4 members (excludes halogenated alkanes) is 11. The lowest BCUT2D eigenvalue weighted by atomic mass is 10.1. The molecule has 0 saturated heterocycles. The number of ether oxygens (including phenoxy) is 3. The molecule has 0 aliphatic rings. The third kappa shape index (κ3) is 12.3. The monoisotopic (exact) mass is 569 g/mol. The molecule has 0 saturated carbocycles. The van der Waals surface area contributed by atoms with Crippen molar-refractivity contribution in [3.63, 3.8) is 0 Å². The molecule has 41 heavy (non-hydrogen) atoms. The summed E-state index contributed by atoms with van der Waals surface area (Å²) in [5, 5.41) is 11.7. The number of rotatable bonds is 21. The summed E-state index contributed by atoms with van der Waals surface area (Å²) in [6, 6.07) is 10.4. The molecule has 1 atom stereocenters. The highest BCUT2D eigenvalue weighted by molar-refractivity contribution is 5.98. The van der Waals surface area contributed by atoms with Crippen molar-refractivity contribution in [1.82, 2.24) is 0 Å². The Morgan fingerprint density at radius 2 is 1.37 bits per heavy atom. The molecule has 2 rings (SSSR count). The van der Waals surface area contributed by atoms with Crippen molar-refractivity contribution >= 4 is 17.6 Å². The number of nitro groups is 1. The van der Waals surface area contributed by atoms with Gasteiger partial charge >= 0.3 is 17.6 Å². The Hall–Kier alpha value is -3.42. The quantitative estimate of drug-likeness (QED) is 0.0485. The van der Waals surface area contributed by atoms with Crippen molar-refractivity contribution in [1.29, 1.82) is 0 Å². The summed E-state index contributed by atoms with van der Waals surface area (Å²) >= 11 is 0. The summed E-state index contributed by atoms with van der Waals surface area (Å²) in [4.78, 5) is 36.9. The Balaban J connectivity index is 1.92. The lowest BCUT2D eigenvalue weighted by Crippen LogP contribution is -2.16. The van der Waals surface area contributed by atoms with Crippen LogP contribution in [0.2, 0.25) is 0 Å². The molecule has 0 radical (unpaired) electrons. The minimum Gasteiger partial charge on any atom is -0.486 e. The molecule has 0 N–H and O–H groups in total. The average molecular weight is 570 g/mol. The first kappa shape index (κ1) is 33.8. The Morgan fingerprint density at radius 1 is 0.780 bits per heavy atom. The second-order valence-electron chi connectivity index (χ2n) is 10.6. The Labute approximate surface area is 244 Å². The smallest absolute Gasteiger partial charge is 0.347 e. The lowest BCUT2D eigenvalue weighted by molar-refractivity contribution is -0.385. The molecule has 8 nitrogen and oxygen atoms in total. The van der Waals surface area contributed by atoms with E-state index >= 15 is 0 Å². The Kier molecular flexibility index (Phi) is 16.2. The van der Waals surface area contributed by atoms with E-state index in [1.807, 2.05) is 13.8 Å². The van der Waals surface area contributed by atoms with Gasteiger partial charge in [0.25, 0.3) is 0 Å². The number of hydrogen-bond donors (Lipinski definition) is 0. The third-order valence-corrected chi connectivity index (χ3v) is 7.16. The minimum atomic E-state index is -0.847.